The lowest BCUT2D eigenvalue weighted by molar-refractivity contribution is -0.123. The molecule has 0 radical (unpaired) electrons. The van der Waals surface area contributed by atoms with Crippen molar-refractivity contribution in [2.24, 2.45) is 4.99 Å². The van der Waals surface area contributed by atoms with Gasteiger partial charge in [-0.15, -0.1) is 0 Å². The Bertz CT molecular complexity index is 484. The van der Waals surface area contributed by atoms with Crippen LogP contribution in [0.2, 0.25) is 0 Å². The molecule has 90 valence electrons. The summed E-state index contributed by atoms with van der Waals surface area (Å²) in [6.07, 6.45) is 0. The van der Waals surface area contributed by atoms with Crippen LogP contribution in [-0.4, -0.2) is 26.0 Å². The number of methoxy groups -OCH3 is 1. The quantitative estimate of drug-likeness (QED) is 0.787. The van der Waals surface area contributed by atoms with Crippen LogP contribution in [0.25, 0.3) is 0 Å². The SMILES string of the molecule is CN=C1NC(=O)C(C)(c2ccccc2OC)N1. The van der Waals surface area contributed by atoms with Gasteiger partial charge in [0.1, 0.15) is 11.3 Å². The van der Waals surface area contributed by atoms with E-state index in [9.17, 15) is 4.79 Å². The first-order chi connectivity index (χ1) is 8.11. The zero-order valence-corrected chi connectivity index (χ0v) is 10.1. The van der Waals surface area contributed by atoms with Crippen LogP contribution in [0.3, 0.4) is 0 Å². The van der Waals surface area contributed by atoms with Gasteiger partial charge in [0.05, 0.1) is 7.11 Å². The fourth-order valence-electron chi connectivity index (χ4n) is 1.92. The van der Waals surface area contributed by atoms with Crippen molar-refractivity contribution in [1.29, 1.82) is 0 Å². The number of ether oxygens (including phenoxy) is 1. The monoisotopic (exact) mass is 233 g/mol. The van der Waals surface area contributed by atoms with Crippen LogP contribution >= 0.6 is 0 Å². The summed E-state index contributed by atoms with van der Waals surface area (Å²) in [7, 11) is 3.21. The van der Waals surface area contributed by atoms with Crippen molar-refractivity contribution in [3.63, 3.8) is 0 Å². The van der Waals surface area contributed by atoms with E-state index >= 15 is 0 Å². The molecule has 2 N–H and O–H groups in total. The molecule has 1 aliphatic heterocycles. The van der Waals surface area contributed by atoms with Gasteiger partial charge in [-0.2, -0.15) is 0 Å². The highest BCUT2D eigenvalue weighted by Crippen LogP contribution is 2.31. The van der Waals surface area contributed by atoms with Crippen molar-refractivity contribution in [1.82, 2.24) is 10.6 Å². The van der Waals surface area contributed by atoms with E-state index in [-0.39, 0.29) is 5.91 Å². The Morgan fingerprint density at radius 3 is 2.65 bits per heavy atom. The maximum atomic E-state index is 12.0. The van der Waals surface area contributed by atoms with Crippen LogP contribution in [0.15, 0.2) is 29.3 Å². The molecule has 1 unspecified atom stereocenters. The molecule has 0 aromatic heterocycles. The Morgan fingerprint density at radius 1 is 1.35 bits per heavy atom. The summed E-state index contributed by atoms with van der Waals surface area (Å²) >= 11 is 0. The third-order valence-corrected chi connectivity index (χ3v) is 2.92. The van der Waals surface area contributed by atoms with Crippen molar-refractivity contribution >= 4 is 11.9 Å². The average Bonchev–Trinajstić information content (AvgIpc) is 2.66. The highest BCUT2D eigenvalue weighted by molar-refractivity contribution is 6.09. The Kier molecular flexibility index (Phi) is 2.75. The van der Waals surface area contributed by atoms with Gasteiger partial charge in [0.2, 0.25) is 0 Å². The summed E-state index contributed by atoms with van der Waals surface area (Å²) in [5.74, 6) is 1.01. The number of guanidine groups is 1. The molecule has 1 aliphatic rings. The molecule has 1 amide bonds. The minimum Gasteiger partial charge on any atom is -0.496 e. The number of hydrogen-bond donors (Lipinski definition) is 2. The number of aliphatic imine (C=N–C) groups is 1. The molecular weight excluding hydrogens is 218 g/mol. The molecule has 1 saturated heterocycles. The fourth-order valence-corrected chi connectivity index (χ4v) is 1.92. The molecule has 17 heavy (non-hydrogen) atoms. The molecule has 5 heteroatoms. The van der Waals surface area contributed by atoms with Crippen molar-refractivity contribution < 1.29 is 9.53 Å². The van der Waals surface area contributed by atoms with E-state index in [1.54, 1.807) is 21.1 Å². The van der Waals surface area contributed by atoms with E-state index in [0.717, 1.165) is 5.56 Å². The molecule has 1 atom stereocenters. The Labute approximate surface area is 99.9 Å². The third kappa shape index (κ3) is 1.73. The molecule has 0 bridgehead atoms. The highest BCUT2D eigenvalue weighted by Gasteiger charge is 2.43. The predicted molar refractivity (Wildman–Crippen MR) is 65.0 cm³/mol. The van der Waals surface area contributed by atoms with Crippen molar-refractivity contribution in [3.8, 4) is 5.75 Å². The second-order valence-electron chi connectivity index (χ2n) is 3.98. The van der Waals surface area contributed by atoms with Gasteiger partial charge in [-0.25, -0.2) is 0 Å². The van der Waals surface area contributed by atoms with Gasteiger partial charge in [-0.1, -0.05) is 18.2 Å². The fraction of sp³-hybridized carbons (Fsp3) is 0.333. The number of amides is 1. The summed E-state index contributed by atoms with van der Waals surface area (Å²) in [5, 5.41) is 5.76. The molecule has 5 nitrogen and oxygen atoms in total. The molecule has 1 aromatic carbocycles. The number of carbonyl (C=O) groups excluding carboxylic acids is 1. The van der Waals surface area contributed by atoms with Crippen LogP contribution in [-0.2, 0) is 10.3 Å². The van der Waals surface area contributed by atoms with Gasteiger partial charge < -0.3 is 10.1 Å². The largest absolute Gasteiger partial charge is 0.496 e. The van der Waals surface area contributed by atoms with Gasteiger partial charge in [0.15, 0.2) is 5.96 Å². The molecule has 0 aliphatic carbocycles. The summed E-state index contributed by atoms with van der Waals surface area (Å²) in [5.41, 5.74) is -0.0554. The van der Waals surface area contributed by atoms with Gasteiger partial charge in [-0.05, 0) is 13.0 Å². The zero-order chi connectivity index (χ0) is 12.5. The van der Waals surface area contributed by atoms with Gasteiger partial charge in [-0.3, -0.25) is 15.1 Å². The van der Waals surface area contributed by atoms with Gasteiger partial charge >= 0.3 is 0 Å². The van der Waals surface area contributed by atoms with Gasteiger partial charge in [0, 0.05) is 12.6 Å². The molecule has 1 fully saturated rings. The molecule has 0 spiro atoms. The minimum atomic E-state index is -0.846. The average molecular weight is 233 g/mol. The maximum absolute atomic E-state index is 12.0. The minimum absolute atomic E-state index is 0.136. The smallest absolute Gasteiger partial charge is 0.256 e. The topological polar surface area (TPSA) is 62.7 Å². The van der Waals surface area contributed by atoms with Crippen LogP contribution in [0.5, 0.6) is 5.75 Å². The summed E-state index contributed by atoms with van der Waals surface area (Å²) in [6.45, 7) is 1.80. The number of carbonyl (C=O) groups is 1. The van der Waals surface area contributed by atoms with Crippen LogP contribution < -0.4 is 15.4 Å². The Hall–Kier alpha value is -2.04. The number of rotatable bonds is 2. The van der Waals surface area contributed by atoms with Crippen LogP contribution in [0.4, 0.5) is 0 Å². The van der Waals surface area contributed by atoms with E-state index in [2.05, 4.69) is 15.6 Å². The second kappa shape index (κ2) is 4.08. The predicted octanol–water partition coefficient (Wildman–Crippen LogP) is 0.616. The standard InChI is InChI=1S/C12H15N3O2/c1-12(10(16)14-11(13-2)15-12)8-6-4-5-7-9(8)17-3/h4-7H,1-3H3,(H2,13,14,15,16). The number of nitrogens with zero attached hydrogens (tertiary/aromatic N) is 1. The van der Waals surface area contributed by atoms with Crippen molar-refractivity contribution in [3.05, 3.63) is 29.8 Å². The highest BCUT2D eigenvalue weighted by atomic mass is 16.5. The Balaban J connectivity index is 2.49. The first-order valence-corrected chi connectivity index (χ1v) is 5.31. The lowest BCUT2D eigenvalue weighted by Gasteiger charge is -2.23. The lowest BCUT2D eigenvalue weighted by atomic mass is 9.91. The van der Waals surface area contributed by atoms with Gasteiger partial charge in [0.25, 0.3) is 5.91 Å². The number of para-hydroxylation sites is 1. The number of hydrogen-bond acceptors (Lipinski definition) is 3. The molecular formula is C12H15N3O2. The zero-order valence-electron chi connectivity index (χ0n) is 10.1. The first-order valence-electron chi connectivity index (χ1n) is 5.31. The molecule has 0 saturated carbocycles. The lowest BCUT2D eigenvalue weighted by Crippen LogP contribution is -2.41. The van der Waals surface area contributed by atoms with E-state index in [4.69, 9.17) is 4.74 Å². The summed E-state index contributed by atoms with van der Waals surface area (Å²) < 4.78 is 5.28. The summed E-state index contributed by atoms with van der Waals surface area (Å²) in [4.78, 5) is 16.0. The van der Waals surface area contributed by atoms with E-state index in [0.29, 0.717) is 11.7 Å². The normalized spacial score (nSPS) is 25.6. The van der Waals surface area contributed by atoms with Crippen LogP contribution in [0, 0.1) is 0 Å². The van der Waals surface area contributed by atoms with E-state index in [1.807, 2.05) is 24.3 Å². The third-order valence-electron chi connectivity index (χ3n) is 2.92. The number of benzene rings is 1. The summed E-state index contributed by atoms with van der Waals surface area (Å²) in [6, 6.07) is 7.44. The van der Waals surface area contributed by atoms with E-state index < -0.39 is 5.54 Å². The molecule has 1 heterocycles. The van der Waals surface area contributed by atoms with Crippen molar-refractivity contribution in [2.45, 2.75) is 12.5 Å². The second-order valence-corrected chi connectivity index (χ2v) is 3.98. The van der Waals surface area contributed by atoms with Crippen LogP contribution in [0.1, 0.15) is 12.5 Å². The maximum Gasteiger partial charge on any atom is 0.256 e. The van der Waals surface area contributed by atoms with E-state index in [1.165, 1.54) is 0 Å². The molecule has 2 rings (SSSR count). The number of nitrogens with one attached hydrogen (secondary N) is 2. The first kappa shape index (κ1) is 11.4. The Morgan fingerprint density at radius 2 is 2.06 bits per heavy atom. The molecule has 1 aromatic rings. The van der Waals surface area contributed by atoms with Crippen molar-refractivity contribution in [2.75, 3.05) is 14.2 Å².